The van der Waals surface area contributed by atoms with Crippen LogP contribution in [0.3, 0.4) is 0 Å². The molecule has 4 rings (SSSR count). The molecular weight excluding hydrogens is 543 g/mol. The van der Waals surface area contributed by atoms with Crippen LogP contribution >= 0.6 is 11.8 Å². The van der Waals surface area contributed by atoms with E-state index in [1.807, 2.05) is 0 Å². The third-order valence-corrected chi connectivity index (χ3v) is 6.64. The molecule has 8 nitrogen and oxygen atoms in total. The molecule has 0 aliphatic rings. The normalized spacial score (nSPS) is 10.9. The van der Waals surface area contributed by atoms with Crippen LogP contribution in [0.5, 0.6) is 0 Å². The minimum atomic E-state index is -0.656. The molecule has 4 amide bonds. The van der Waals surface area contributed by atoms with Crippen molar-refractivity contribution in [2.24, 2.45) is 5.73 Å². The van der Waals surface area contributed by atoms with Crippen LogP contribution in [0.4, 0.5) is 15.8 Å². The molecule has 0 radical (unpaired) electrons. The highest BCUT2D eigenvalue weighted by Gasteiger charge is 2.16. The quantitative estimate of drug-likeness (QED) is 0.157. The second-order valence-corrected chi connectivity index (χ2v) is 9.71. The Hall–Kier alpha value is -5.22. The summed E-state index contributed by atoms with van der Waals surface area (Å²) in [5.41, 5.74) is 6.81. The maximum Gasteiger partial charge on any atom is 0.272 e. The predicted octanol–water partition coefficient (Wildman–Crippen LogP) is 5.07. The SMILES string of the molecule is NC(=O)c1ccc(NC(=O)CSc2cccc(NC(=O)/C(=C/c3ccccc3F)NC(=O)c3ccccc3)c2)cc1. The van der Waals surface area contributed by atoms with E-state index in [0.717, 1.165) is 0 Å². The third kappa shape index (κ3) is 8.38. The molecule has 0 aliphatic heterocycles. The summed E-state index contributed by atoms with van der Waals surface area (Å²) < 4.78 is 14.3. The zero-order valence-corrected chi connectivity index (χ0v) is 22.4. The molecule has 0 aromatic heterocycles. The van der Waals surface area contributed by atoms with E-state index >= 15 is 0 Å². The fourth-order valence-electron chi connectivity index (χ4n) is 3.62. The average Bonchev–Trinajstić information content (AvgIpc) is 2.97. The number of carbonyl (C=O) groups excluding carboxylic acids is 4. The highest BCUT2D eigenvalue weighted by atomic mass is 32.2. The first kappa shape index (κ1) is 28.8. The Morgan fingerprint density at radius 2 is 1.46 bits per heavy atom. The first-order valence-electron chi connectivity index (χ1n) is 12.3. The van der Waals surface area contributed by atoms with Crippen molar-refractivity contribution in [1.29, 1.82) is 0 Å². The number of amides is 4. The summed E-state index contributed by atoms with van der Waals surface area (Å²) in [6.07, 6.45) is 1.27. The summed E-state index contributed by atoms with van der Waals surface area (Å²) >= 11 is 1.25. The van der Waals surface area contributed by atoms with Gasteiger partial charge in [-0.25, -0.2) is 4.39 Å². The average molecular weight is 569 g/mol. The van der Waals surface area contributed by atoms with Crippen LogP contribution < -0.4 is 21.7 Å². The topological polar surface area (TPSA) is 130 Å². The van der Waals surface area contributed by atoms with E-state index in [4.69, 9.17) is 5.73 Å². The van der Waals surface area contributed by atoms with Crippen molar-refractivity contribution in [3.05, 3.63) is 131 Å². The number of hydrogen-bond acceptors (Lipinski definition) is 5. The van der Waals surface area contributed by atoms with Crippen LogP contribution in [0.25, 0.3) is 6.08 Å². The summed E-state index contributed by atoms with van der Waals surface area (Å²) in [5.74, 6) is -2.47. The maximum atomic E-state index is 14.3. The van der Waals surface area contributed by atoms with Crippen molar-refractivity contribution >= 4 is 52.8 Å². The van der Waals surface area contributed by atoms with Crippen molar-refractivity contribution < 1.29 is 23.6 Å². The van der Waals surface area contributed by atoms with Gasteiger partial charge < -0.3 is 21.7 Å². The van der Waals surface area contributed by atoms with Gasteiger partial charge in [-0.15, -0.1) is 11.8 Å². The van der Waals surface area contributed by atoms with Gasteiger partial charge in [0.2, 0.25) is 11.8 Å². The minimum absolute atomic E-state index is 0.0839. The molecule has 0 heterocycles. The molecular formula is C31H25FN4O4S. The van der Waals surface area contributed by atoms with Crippen molar-refractivity contribution in [2.45, 2.75) is 4.90 Å². The zero-order valence-electron chi connectivity index (χ0n) is 21.6. The van der Waals surface area contributed by atoms with E-state index in [-0.39, 0.29) is 22.9 Å². The van der Waals surface area contributed by atoms with E-state index in [1.54, 1.807) is 72.8 Å². The van der Waals surface area contributed by atoms with E-state index in [2.05, 4.69) is 16.0 Å². The van der Waals surface area contributed by atoms with Gasteiger partial charge in [0.25, 0.3) is 11.8 Å². The molecule has 0 saturated carbocycles. The lowest BCUT2D eigenvalue weighted by molar-refractivity contribution is -0.114. The number of rotatable bonds is 10. The lowest BCUT2D eigenvalue weighted by Gasteiger charge is -2.12. The van der Waals surface area contributed by atoms with Crippen LogP contribution in [0.2, 0.25) is 0 Å². The van der Waals surface area contributed by atoms with Crippen molar-refractivity contribution in [1.82, 2.24) is 5.32 Å². The Labute approximate surface area is 239 Å². The van der Waals surface area contributed by atoms with Gasteiger partial charge in [-0.1, -0.05) is 42.5 Å². The monoisotopic (exact) mass is 568 g/mol. The van der Waals surface area contributed by atoms with Gasteiger partial charge in [0.1, 0.15) is 11.5 Å². The number of nitrogens with one attached hydrogen (secondary N) is 3. The number of benzene rings is 4. The molecule has 0 saturated heterocycles. The lowest BCUT2D eigenvalue weighted by Crippen LogP contribution is -2.30. The molecule has 10 heteroatoms. The van der Waals surface area contributed by atoms with Crippen LogP contribution in [0.1, 0.15) is 26.3 Å². The lowest BCUT2D eigenvalue weighted by atomic mass is 10.1. The number of halogens is 1. The fraction of sp³-hybridized carbons (Fsp3) is 0.0323. The number of hydrogen-bond donors (Lipinski definition) is 4. The summed E-state index contributed by atoms with van der Waals surface area (Å²) in [6, 6.07) is 27.3. The van der Waals surface area contributed by atoms with Gasteiger partial charge in [0.15, 0.2) is 0 Å². The van der Waals surface area contributed by atoms with Crippen LogP contribution in [0, 0.1) is 5.82 Å². The standard InChI is InChI=1S/C31H25FN4O4S/c32-26-12-5-4-9-22(26)17-27(36-30(39)21-7-2-1-3-8-21)31(40)35-24-10-6-11-25(18-24)41-19-28(37)34-23-15-13-20(14-16-23)29(33)38/h1-18H,19H2,(H2,33,38)(H,34,37)(H,35,40)(H,36,39)/b27-17-. The molecule has 0 aliphatic carbocycles. The number of anilines is 2. The molecule has 41 heavy (non-hydrogen) atoms. The smallest absolute Gasteiger partial charge is 0.272 e. The Morgan fingerprint density at radius 1 is 0.756 bits per heavy atom. The summed E-state index contributed by atoms with van der Waals surface area (Å²) in [5, 5.41) is 8.04. The second-order valence-electron chi connectivity index (χ2n) is 8.66. The van der Waals surface area contributed by atoms with Crippen LogP contribution in [-0.2, 0) is 9.59 Å². The predicted molar refractivity (Wildman–Crippen MR) is 158 cm³/mol. The second kappa shape index (κ2) is 13.7. The maximum absolute atomic E-state index is 14.3. The van der Waals surface area contributed by atoms with Crippen molar-refractivity contribution in [3.63, 3.8) is 0 Å². The third-order valence-electron chi connectivity index (χ3n) is 5.65. The molecule has 0 bridgehead atoms. The van der Waals surface area contributed by atoms with E-state index in [9.17, 15) is 23.6 Å². The molecule has 4 aromatic rings. The molecule has 0 atom stereocenters. The van der Waals surface area contributed by atoms with Gasteiger partial charge in [-0.3, -0.25) is 19.2 Å². The fourth-order valence-corrected chi connectivity index (χ4v) is 4.37. The highest BCUT2D eigenvalue weighted by Crippen LogP contribution is 2.23. The molecule has 206 valence electrons. The number of thioether (sulfide) groups is 1. The Kier molecular flexibility index (Phi) is 9.63. The Balaban J connectivity index is 1.43. The molecule has 0 unspecified atom stereocenters. The van der Waals surface area contributed by atoms with Gasteiger partial charge in [0, 0.05) is 33.0 Å². The van der Waals surface area contributed by atoms with Gasteiger partial charge >= 0.3 is 0 Å². The summed E-state index contributed by atoms with van der Waals surface area (Å²) in [7, 11) is 0. The minimum Gasteiger partial charge on any atom is -0.366 e. The first-order chi connectivity index (χ1) is 19.8. The Morgan fingerprint density at radius 3 is 2.17 bits per heavy atom. The molecule has 0 fully saturated rings. The highest BCUT2D eigenvalue weighted by molar-refractivity contribution is 8.00. The molecule has 5 N–H and O–H groups in total. The molecule has 0 spiro atoms. The number of carbonyl (C=O) groups is 4. The Bertz CT molecular complexity index is 1610. The summed E-state index contributed by atoms with van der Waals surface area (Å²) in [4.78, 5) is 50.3. The zero-order chi connectivity index (χ0) is 29.2. The number of primary amides is 1. The van der Waals surface area contributed by atoms with E-state index in [1.165, 1.54) is 48.2 Å². The molecule has 4 aromatic carbocycles. The van der Waals surface area contributed by atoms with Crippen molar-refractivity contribution in [3.8, 4) is 0 Å². The van der Waals surface area contributed by atoms with Gasteiger partial charge in [-0.05, 0) is 66.7 Å². The van der Waals surface area contributed by atoms with Gasteiger partial charge in [0.05, 0.1) is 5.75 Å². The number of nitrogens with two attached hydrogens (primary N) is 1. The van der Waals surface area contributed by atoms with Crippen LogP contribution in [0.15, 0.2) is 114 Å². The van der Waals surface area contributed by atoms with Crippen LogP contribution in [-0.4, -0.2) is 29.4 Å². The summed E-state index contributed by atoms with van der Waals surface area (Å²) in [6.45, 7) is 0. The van der Waals surface area contributed by atoms with Crippen molar-refractivity contribution in [2.75, 3.05) is 16.4 Å². The van der Waals surface area contributed by atoms with Gasteiger partial charge in [-0.2, -0.15) is 0 Å². The van der Waals surface area contributed by atoms with E-state index < -0.39 is 23.5 Å². The largest absolute Gasteiger partial charge is 0.366 e. The van der Waals surface area contributed by atoms with E-state index in [0.29, 0.717) is 27.4 Å². The first-order valence-corrected chi connectivity index (χ1v) is 13.3.